The van der Waals surface area contributed by atoms with Crippen molar-refractivity contribution >= 4 is 35.2 Å². The molecule has 0 spiro atoms. The van der Waals surface area contributed by atoms with Crippen molar-refractivity contribution < 1.29 is 23.8 Å². The van der Waals surface area contributed by atoms with Gasteiger partial charge >= 0.3 is 5.97 Å². The molecule has 140 valence electrons. The molecule has 2 aromatic carbocycles. The quantitative estimate of drug-likeness (QED) is 0.626. The average molecular weight is 388 g/mol. The molecular weight excluding hydrogens is 370 g/mol. The Labute approximate surface area is 161 Å². The fraction of sp³-hybridized carbons (Fsp3) is 0.200. The molecule has 1 N–H and O–H groups in total. The summed E-state index contributed by atoms with van der Waals surface area (Å²) < 4.78 is 15.9. The molecular formula is C20H18ClNO5. The number of anilines is 1. The van der Waals surface area contributed by atoms with Crippen LogP contribution in [0, 0.1) is 6.92 Å². The topological polar surface area (TPSA) is 73.9 Å². The molecule has 0 radical (unpaired) electrons. The molecule has 1 aliphatic heterocycles. The second-order valence-electron chi connectivity index (χ2n) is 5.85. The number of amides is 1. The summed E-state index contributed by atoms with van der Waals surface area (Å²) in [7, 11) is 0. The van der Waals surface area contributed by atoms with Gasteiger partial charge in [0.25, 0.3) is 5.91 Å². The van der Waals surface area contributed by atoms with Crippen molar-refractivity contribution in [3.05, 3.63) is 58.6 Å². The van der Waals surface area contributed by atoms with Gasteiger partial charge < -0.3 is 19.5 Å². The Bertz CT molecular complexity index is 894. The van der Waals surface area contributed by atoms with E-state index in [4.69, 9.17) is 25.8 Å². The lowest BCUT2D eigenvalue weighted by Crippen LogP contribution is -2.20. The summed E-state index contributed by atoms with van der Waals surface area (Å²) in [5, 5.41) is 3.26. The standard InChI is InChI=1S/C20H18ClNO5/c1-13-10-15(21)4-5-16(13)22-19(23)12-27-20(24)7-3-14-2-6-17-18(11-14)26-9-8-25-17/h2-7,10-11H,8-9,12H2,1H3,(H,22,23). The first-order valence-corrected chi connectivity index (χ1v) is 8.69. The van der Waals surface area contributed by atoms with Gasteiger partial charge in [0, 0.05) is 16.8 Å². The number of esters is 1. The minimum Gasteiger partial charge on any atom is -0.486 e. The number of aryl methyl sites for hydroxylation is 1. The van der Waals surface area contributed by atoms with Crippen LogP contribution in [0.5, 0.6) is 11.5 Å². The zero-order valence-electron chi connectivity index (χ0n) is 14.7. The van der Waals surface area contributed by atoms with Crippen molar-refractivity contribution in [2.24, 2.45) is 0 Å². The van der Waals surface area contributed by atoms with E-state index in [9.17, 15) is 9.59 Å². The van der Waals surface area contributed by atoms with Crippen LogP contribution in [0.3, 0.4) is 0 Å². The first kappa shape index (κ1) is 18.8. The van der Waals surface area contributed by atoms with Gasteiger partial charge in [0.15, 0.2) is 18.1 Å². The highest BCUT2D eigenvalue weighted by atomic mass is 35.5. The van der Waals surface area contributed by atoms with Gasteiger partial charge in [-0.3, -0.25) is 4.79 Å². The molecule has 0 saturated carbocycles. The SMILES string of the molecule is Cc1cc(Cl)ccc1NC(=O)COC(=O)C=Cc1ccc2c(c1)OCCO2. The molecule has 1 heterocycles. The van der Waals surface area contributed by atoms with E-state index >= 15 is 0 Å². The van der Waals surface area contributed by atoms with Crippen LogP contribution in [0.2, 0.25) is 5.02 Å². The number of benzene rings is 2. The van der Waals surface area contributed by atoms with Crippen molar-refractivity contribution in [2.45, 2.75) is 6.92 Å². The molecule has 27 heavy (non-hydrogen) atoms. The highest BCUT2D eigenvalue weighted by Gasteiger charge is 2.11. The first-order chi connectivity index (χ1) is 13.0. The van der Waals surface area contributed by atoms with E-state index in [0.29, 0.717) is 35.4 Å². The van der Waals surface area contributed by atoms with E-state index in [0.717, 1.165) is 11.1 Å². The number of fused-ring (bicyclic) bond motifs is 1. The van der Waals surface area contributed by atoms with Crippen LogP contribution in [0.1, 0.15) is 11.1 Å². The van der Waals surface area contributed by atoms with Gasteiger partial charge in [0.2, 0.25) is 0 Å². The van der Waals surface area contributed by atoms with E-state index in [1.165, 1.54) is 6.08 Å². The summed E-state index contributed by atoms with van der Waals surface area (Å²) in [6.07, 6.45) is 2.84. The molecule has 0 atom stereocenters. The summed E-state index contributed by atoms with van der Waals surface area (Å²) in [5.74, 6) is 0.263. The number of halogens is 1. The summed E-state index contributed by atoms with van der Waals surface area (Å²) in [5.41, 5.74) is 2.20. The highest BCUT2D eigenvalue weighted by molar-refractivity contribution is 6.30. The summed E-state index contributed by atoms with van der Waals surface area (Å²) in [6, 6.07) is 10.5. The summed E-state index contributed by atoms with van der Waals surface area (Å²) >= 11 is 5.88. The molecule has 3 rings (SSSR count). The highest BCUT2D eigenvalue weighted by Crippen LogP contribution is 2.31. The molecule has 7 heteroatoms. The molecule has 6 nitrogen and oxygen atoms in total. The van der Waals surface area contributed by atoms with Gasteiger partial charge in [-0.2, -0.15) is 0 Å². The fourth-order valence-corrected chi connectivity index (χ4v) is 2.69. The van der Waals surface area contributed by atoms with Gasteiger partial charge in [-0.15, -0.1) is 0 Å². The second kappa shape index (κ2) is 8.60. The third-order valence-electron chi connectivity index (χ3n) is 3.79. The molecule has 0 unspecified atom stereocenters. The maximum absolute atomic E-state index is 11.9. The molecule has 0 aromatic heterocycles. The predicted molar refractivity (Wildman–Crippen MR) is 102 cm³/mol. The Hall–Kier alpha value is -2.99. The number of nitrogens with one attached hydrogen (secondary N) is 1. The van der Waals surface area contributed by atoms with E-state index in [-0.39, 0.29) is 6.61 Å². The maximum atomic E-state index is 11.9. The van der Waals surface area contributed by atoms with Gasteiger partial charge in [-0.1, -0.05) is 17.7 Å². The lowest BCUT2D eigenvalue weighted by Gasteiger charge is -2.18. The molecule has 0 fully saturated rings. The first-order valence-electron chi connectivity index (χ1n) is 8.32. The zero-order chi connectivity index (χ0) is 19.2. The monoisotopic (exact) mass is 387 g/mol. The number of ether oxygens (including phenoxy) is 3. The number of hydrogen-bond donors (Lipinski definition) is 1. The molecule has 1 amide bonds. The Morgan fingerprint density at radius 3 is 2.70 bits per heavy atom. The zero-order valence-corrected chi connectivity index (χ0v) is 15.4. The smallest absolute Gasteiger partial charge is 0.331 e. The second-order valence-corrected chi connectivity index (χ2v) is 6.29. The number of carbonyl (C=O) groups excluding carboxylic acids is 2. The van der Waals surface area contributed by atoms with Gasteiger partial charge in [-0.25, -0.2) is 4.79 Å². The van der Waals surface area contributed by atoms with Crippen LogP contribution in [0.4, 0.5) is 5.69 Å². The molecule has 0 bridgehead atoms. The molecule has 1 aliphatic rings. The van der Waals surface area contributed by atoms with Crippen LogP contribution >= 0.6 is 11.6 Å². The lowest BCUT2D eigenvalue weighted by molar-refractivity contribution is -0.142. The van der Waals surface area contributed by atoms with Crippen LogP contribution in [-0.2, 0) is 14.3 Å². The van der Waals surface area contributed by atoms with Crippen molar-refractivity contribution in [1.29, 1.82) is 0 Å². The Morgan fingerprint density at radius 2 is 1.93 bits per heavy atom. The van der Waals surface area contributed by atoms with Crippen molar-refractivity contribution in [3.8, 4) is 11.5 Å². The van der Waals surface area contributed by atoms with Gasteiger partial charge in [-0.05, 0) is 54.5 Å². The van der Waals surface area contributed by atoms with Crippen LogP contribution in [0.25, 0.3) is 6.08 Å². The maximum Gasteiger partial charge on any atom is 0.331 e. The fourth-order valence-electron chi connectivity index (χ4n) is 2.47. The van der Waals surface area contributed by atoms with Crippen LogP contribution < -0.4 is 14.8 Å². The number of carbonyl (C=O) groups is 2. The number of rotatable bonds is 5. The minimum absolute atomic E-state index is 0.383. The Morgan fingerprint density at radius 1 is 1.15 bits per heavy atom. The minimum atomic E-state index is -0.618. The summed E-state index contributed by atoms with van der Waals surface area (Å²) in [6.45, 7) is 2.45. The normalized spacial score (nSPS) is 12.7. The van der Waals surface area contributed by atoms with Crippen molar-refractivity contribution in [1.82, 2.24) is 0 Å². The van der Waals surface area contributed by atoms with Gasteiger partial charge in [0.05, 0.1) is 0 Å². The largest absolute Gasteiger partial charge is 0.486 e. The predicted octanol–water partition coefficient (Wildman–Crippen LogP) is 3.61. The molecule has 0 saturated heterocycles. The van der Waals surface area contributed by atoms with Gasteiger partial charge in [0.1, 0.15) is 13.2 Å². The third kappa shape index (κ3) is 5.24. The van der Waals surface area contributed by atoms with E-state index in [2.05, 4.69) is 5.32 Å². The number of hydrogen-bond acceptors (Lipinski definition) is 5. The van der Waals surface area contributed by atoms with E-state index in [1.807, 2.05) is 6.92 Å². The Balaban J connectivity index is 1.50. The van der Waals surface area contributed by atoms with Crippen LogP contribution in [-0.4, -0.2) is 31.7 Å². The van der Waals surface area contributed by atoms with E-state index < -0.39 is 11.9 Å². The molecule has 0 aliphatic carbocycles. The summed E-state index contributed by atoms with van der Waals surface area (Å²) in [4.78, 5) is 23.7. The third-order valence-corrected chi connectivity index (χ3v) is 4.02. The lowest BCUT2D eigenvalue weighted by atomic mass is 10.2. The molecule has 2 aromatic rings. The Kier molecular flexibility index (Phi) is 5.98. The van der Waals surface area contributed by atoms with Crippen molar-refractivity contribution in [2.75, 3.05) is 25.1 Å². The van der Waals surface area contributed by atoms with Crippen LogP contribution in [0.15, 0.2) is 42.5 Å². The van der Waals surface area contributed by atoms with E-state index in [1.54, 1.807) is 42.5 Å². The average Bonchev–Trinajstić information content (AvgIpc) is 2.67. The van der Waals surface area contributed by atoms with Crippen molar-refractivity contribution in [3.63, 3.8) is 0 Å².